The largest absolute Gasteiger partial charge is 0.484 e. The zero-order valence-electron chi connectivity index (χ0n) is 15.8. The zero-order chi connectivity index (χ0) is 21.7. The van der Waals surface area contributed by atoms with Crippen LogP contribution in [0.1, 0.15) is 29.3 Å². The summed E-state index contributed by atoms with van der Waals surface area (Å²) in [5, 5.41) is 3.66. The number of pyridine rings is 2. The third-order valence-corrected chi connectivity index (χ3v) is 6.25. The number of urea groups is 1. The molecule has 0 saturated carbocycles. The number of carbonyl (C=O) groups excluding carboxylic acids is 1. The molecule has 31 heavy (non-hydrogen) atoms. The number of hydrogen-bond donors (Lipinski definition) is 1. The normalized spacial score (nSPS) is 17.5. The van der Waals surface area contributed by atoms with Crippen molar-refractivity contribution in [3.8, 4) is 5.75 Å². The molecule has 6 nitrogen and oxygen atoms in total. The van der Waals surface area contributed by atoms with Gasteiger partial charge in [0.2, 0.25) is 0 Å². The van der Waals surface area contributed by atoms with Crippen molar-refractivity contribution in [3.63, 3.8) is 0 Å². The number of fused-ring (bicyclic) bond motifs is 2. The van der Waals surface area contributed by atoms with Crippen LogP contribution in [0.5, 0.6) is 5.75 Å². The Morgan fingerprint density at radius 3 is 2.84 bits per heavy atom. The zero-order valence-corrected chi connectivity index (χ0v) is 18.1. The maximum atomic E-state index is 14.2. The van der Waals surface area contributed by atoms with E-state index in [-0.39, 0.29) is 17.4 Å². The van der Waals surface area contributed by atoms with Crippen molar-refractivity contribution in [2.45, 2.75) is 25.5 Å². The number of rotatable bonds is 2. The van der Waals surface area contributed by atoms with Crippen LogP contribution in [0.4, 0.5) is 20.6 Å². The topological polar surface area (TPSA) is 67.4 Å². The van der Waals surface area contributed by atoms with Crippen molar-refractivity contribution < 1.29 is 13.9 Å². The van der Waals surface area contributed by atoms with Crippen molar-refractivity contribution in [1.29, 1.82) is 0 Å². The Labute approximate surface area is 191 Å². The number of ether oxygens (including phenoxy) is 1. The van der Waals surface area contributed by atoms with E-state index in [0.717, 1.165) is 5.56 Å². The Morgan fingerprint density at radius 1 is 1.19 bits per heavy atom. The summed E-state index contributed by atoms with van der Waals surface area (Å²) in [6.07, 6.45) is 3.58. The Bertz CT molecular complexity index is 1220. The number of halogens is 4. The van der Waals surface area contributed by atoms with E-state index in [0.29, 0.717) is 45.6 Å². The van der Waals surface area contributed by atoms with Crippen LogP contribution in [-0.4, -0.2) is 16.0 Å². The van der Waals surface area contributed by atoms with Gasteiger partial charge in [-0.2, -0.15) is 0 Å². The third-order valence-electron chi connectivity index (χ3n) is 5.33. The molecule has 0 radical (unpaired) electrons. The standard InChI is InChI=1S/C21H14Cl3FN4O2/c22-12-6-10-3-4-16(19-14(25)2-1-5-26-19)31-17(10)7-15(12)29-9-11-18(28-21(29)30)13(23)8-27-20(11)24/h1-2,5-8,16H,3-4,9H2,(H,28,30). The van der Waals surface area contributed by atoms with E-state index in [9.17, 15) is 9.18 Å². The average molecular weight is 480 g/mol. The second-order valence-electron chi connectivity index (χ2n) is 7.19. The molecule has 10 heteroatoms. The summed E-state index contributed by atoms with van der Waals surface area (Å²) in [5.74, 6) is 0.103. The van der Waals surface area contributed by atoms with Gasteiger partial charge in [0.25, 0.3) is 0 Å². The smallest absolute Gasteiger partial charge is 0.326 e. The van der Waals surface area contributed by atoms with E-state index in [1.807, 2.05) is 0 Å². The van der Waals surface area contributed by atoms with Crippen LogP contribution in [0.15, 0.2) is 36.7 Å². The molecule has 2 aliphatic rings. The molecule has 0 spiro atoms. The van der Waals surface area contributed by atoms with Crippen LogP contribution in [0.3, 0.4) is 0 Å². The molecule has 5 rings (SSSR count). The van der Waals surface area contributed by atoms with Gasteiger partial charge in [0.15, 0.2) is 0 Å². The lowest BCUT2D eigenvalue weighted by atomic mass is 9.99. The fraction of sp³-hybridized carbons (Fsp3) is 0.190. The summed E-state index contributed by atoms with van der Waals surface area (Å²) in [4.78, 5) is 22.4. The van der Waals surface area contributed by atoms with Gasteiger partial charge in [-0.1, -0.05) is 34.8 Å². The van der Waals surface area contributed by atoms with Crippen molar-refractivity contribution in [1.82, 2.24) is 9.97 Å². The number of aromatic nitrogens is 2. The first-order chi connectivity index (χ1) is 14.9. The molecule has 1 atom stereocenters. The molecule has 1 N–H and O–H groups in total. The summed E-state index contributed by atoms with van der Waals surface area (Å²) in [5.41, 5.74) is 2.57. The first-order valence-electron chi connectivity index (χ1n) is 9.43. The minimum atomic E-state index is -0.531. The van der Waals surface area contributed by atoms with E-state index < -0.39 is 18.0 Å². The molecule has 158 valence electrons. The Morgan fingerprint density at radius 2 is 2.03 bits per heavy atom. The Balaban J connectivity index is 1.50. The third kappa shape index (κ3) is 3.56. The molecule has 0 bridgehead atoms. The van der Waals surface area contributed by atoms with Gasteiger partial charge < -0.3 is 10.1 Å². The van der Waals surface area contributed by atoms with Crippen molar-refractivity contribution in [3.05, 3.63) is 74.5 Å². The Hall–Kier alpha value is -2.61. The van der Waals surface area contributed by atoms with Gasteiger partial charge in [-0.15, -0.1) is 0 Å². The number of anilines is 2. The van der Waals surface area contributed by atoms with Crippen molar-refractivity contribution in [2.24, 2.45) is 0 Å². The number of nitrogens with zero attached hydrogens (tertiary/aromatic N) is 3. The van der Waals surface area contributed by atoms with Gasteiger partial charge in [-0.05, 0) is 36.6 Å². The maximum Gasteiger partial charge on any atom is 0.326 e. The highest BCUT2D eigenvalue weighted by molar-refractivity contribution is 6.37. The summed E-state index contributed by atoms with van der Waals surface area (Å²) in [7, 11) is 0. The number of carbonyl (C=O) groups is 1. The lowest BCUT2D eigenvalue weighted by Crippen LogP contribution is -2.39. The number of benzene rings is 1. The monoisotopic (exact) mass is 478 g/mol. The highest BCUT2D eigenvalue weighted by atomic mass is 35.5. The maximum absolute atomic E-state index is 14.2. The molecule has 4 heterocycles. The predicted octanol–water partition coefficient (Wildman–Crippen LogP) is 6.19. The Kier molecular flexibility index (Phi) is 5.12. The van der Waals surface area contributed by atoms with Gasteiger partial charge in [-0.3, -0.25) is 9.88 Å². The number of amides is 2. The lowest BCUT2D eigenvalue weighted by molar-refractivity contribution is 0.167. The van der Waals surface area contributed by atoms with Gasteiger partial charge in [0.05, 0.1) is 28.0 Å². The number of aryl methyl sites for hydroxylation is 1. The molecule has 0 saturated heterocycles. The SMILES string of the molecule is O=C1Nc2c(Cl)cnc(Cl)c2CN1c1cc2c(cc1Cl)CCC(c1ncccc1F)O2. The van der Waals surface area contributed by atoms with Crippen LogP contribution in [0.2, 0.25) is 15.2 Å². The lowest BCUT2D eigenvalue weighted by Gasteiger charge is -2.32. The second kappa shape index (κ2) is 7.82. The van der Waals surface area contributed by atoms with E-state index >= 15 is 0 Å². The molecular weight excluding hydrogens is 466 g/mol. The van der Waals surface area contributed by atoms with Crippen LogP contribution in [0, 0.1) is 5.82 Å². The highest BCUT2D eigenvalue weighted by Gasteiger charge is 2.32. The molecule has 2 aromatic heterocycles. The summed E-state index contributed by atoms with van der Waals surface area (Å²) < 4.78 is 20.2. The highest BCUT2D eigenvalue weighted by Crippen LogP contribution is 2.43. The first-order valence-corrected chi connectivity index (χ1v) is 10.6. The number of nitrogens with one attached hydrogen (secondary N) is 1. The second-order valence-corrected chi connectivity index (χ2v) is 8.37. The molecule has 2 amide bonds. The van der Waals surface area contributed by atoms with Crippen LogP contribution in [0.25, 0.3) is 0 Å². The first kappa shape index (κ1) is 20.3. The van der Waals surface area contributed by atoms with E-state index in [4.69, 9.17) is 39.5 Å². The van der Waals surface area contributed by atoms with Gasteiger partial charge >= 0.3 is 6.03 Å². The predicted molar refractivity (Wildman–Crippen MR) is 117 cm³/mol. The molecule has 1 aromatic carbocycles. The van der Waals surface area contributed by atoms with Gasteiger partial charge in [0.1, 0.15) is 28.5 Å². The van der Waals surface area contributed by atoms with Crippen LogP contribution < -0.4 is 15.0 Å². The molecule has 3 aromatic rings. The summed E-state index contributed by atoms with van der Waals surface area (Å²) >= 11 is 18.9. The van der Waals surface area contributed by atoms with Crippen LogP contribution >= 0.6 is 34.8 Å². The molecular formula is C21H14Cl3FN4O2. The van der Waals surface area contributed by atoms with Crippen LogP contribution in [-0.2, 0) is 13.0 Å². The summed E-state index contributed by atoms with van der Waals surface area (Å²) in [6, 6.07) is 5.92. The van der Waals surface area contributed by atoms with Crippen molar-refractivity contribution >= 4 is 52.2 Å². The van der Waals surface area contributed by atoms with E-state index in [1.165, 1.54) is 29.4 Å². The quantitative estimate of drug-likeness (QED) is 0.445. The minimum Gasteiger partial charge on any atom is -0.484 e. The molecule has 1 unspecified atom stereocenters. The average Bonchev–Trinajstić information content (AvgIpc) is 2.76. The van der Waals surface area contributed by atoms with E-state index in [1.54, 1.807) is 12.1 Å². The molecule has 2 aliphatic heterocycles. The minimum absolute atomic E-state index is 0.129. The fourth-order valence-electron chi connectivity index (χ4n) is 3.80. The molecule has 0 fully saturated rings. The van der Waals surface area contributed by atoms with Gasteiger partial charge in [0, 0.05) is 24.0 Å². The van der Waals surface area contributed by atoms with Gasteiger partial charge in [-0.25, -0.2) is 14.2 Å². The summed E-state index contributed by atoms with van der Waals surface area (Å²) in [6.45, 7) is 0.129. The van der Waals surface area contributed by atoms with Crippen molar-refractivity contribution in [2.75, 3.05) is 10.2 Å². The van der Waals surface area contributed by atoms with E-state index in [2.05, 4.69) is 15.3 Å². The fourth-order valence-corrected chi connectivity index (χ4v) is 4.50. The number of hydrogen-bond acceptors (Lipinski definition) is 4. The molecule has 0 aliphatic carbocycles.